The molecule has 2 aromatic carbocycles. The Bertz CT molecular complexity index is 750. The Morgan fingerprint density at radius 3 is 2.40 bits per heavy atom. The first-order chi connectivity index (χ1) is 12.1. The van der Waals surface area contributed by atoms with Gasteiger partial charge in [0, 0.05) is 25.1 Å². The third-order valence-corrected chi connectivity index (χ3v) is 8.14. The van der Waals surface area contributed by atoms with Gasteiger partial charge in [0.25, 0.3) is 0 Å². The molecule has 4 heteroatoms. The number of aryl methyl sites for hydroxylation is 2. The molecule has 2 aromatic rings. The van der Waals surface area contributed by atoms with Crippen molar-refractivity contribution >= 4 is 35.5 Å². The van der Waals surface area contributed by atoms with Crippen molar-refractivity contribution in [1.29, 1.82) is 0 Å². The second-order valence-corrected chi connectivity index (χ2v) is 9.33. The summed E-state index contributed by atoms with van der Waals surface area (Å²) in [6.45, 7) is 7.49. The maximum absolute atomic E-state index is 4.69. The van der Waals surface area contributed by atoms with E-state index in [-0.39, 0.29) is 4.08 Å². The average molecular weight is 371 g/mol. The van der Waals surface area contributed by atoms with Crippen molar-refractivity contribution in [2.75, 3.05) is 25.1 Å². The van der Waals surface area contributed by atoms with Crippen LogP contribution in [0.5, 0.6) is 0 Å². The van der Waals surface area contributed by atoms with E-state index in [2.05, 4.69) is 104 Å². The van der Waals surface area contributed by atoms with Gasteiger partial charge in [0.2, 0.25) is 0 Å². The lowest BCUT2D eigenvalue weighted by atomic mass is 9.96. The summed E-state index contributed by atoms with van der Waals surface area (Å²) in [6.07, 6.45) is 1.92. The molecule has 1 aliphatic heterocycles. The molecule has 132 valence electrons. The van der Waals surface area contributed by atoms with E-state index in [9.17, 15) is 0 Å². The van der Waals surface area contributed by atoms with Crippen LogP contribution in [0.25, 0.3) is 0 Å². The van der Waals surface area contributed by atoms with E-state index in [1.165, 1.54) is 33.8 Å². The fourth-order valence-electron chi connectivity index (χ4n) is 3.08. The minimum atomic E-state index is 0.0125. The van der Waals surface area contributed by atoms with Crippen molar-refractivity contribution in [2.24, 2.45) is 4.99 Å². The zero-order chi connectivity index (χ0) is 17.9. The van der Waals surface area contributed by atoms with Gasteiger partial charge in [0.15, 0.2) is 0 Å². The minimum Gasteiger partial charge on any atom is -0.366 e. The first kappa shape index (κ1) is 18.4. The van der Waals surface area contributed by atoms with Gasteiger partial charge in [-0.05, 0) is 49.1 Å². The highest BCUT2D eigenvalue weighted by Crippen LogP contribution is 2.57. The van der Waals surface area contributed by atoms with Crippen LogP contribution in [-0.4, -0.2) is 36.3 Å². The SMILES string of the molecule is CCN(C)C=Nc1cc(C)c(C2(c3ccccc3)SCCS2)cc1C. The normalized spacial score (nSPS) is 16.5. The number of nitrogens with zero attached hydrogens (tertiary/aromatic N) is 2. The molecule has 0 aromatic heterocycles. The van der Waals surface area contributed by atoms with Gasteiger partial charge in [-0.3, -0.25) is 0 Å². The lowest BCUT2D eigenvalue weighted by Gasteiger charge is -2.31. The monoisotopic (exact) mass is 370 g/mol. The Morgan fingerprint density at radius 2 is 1.76 bits per heavy atom. The molecule has 1 aliphatic rings. The highest BCUT2D eigenvalue weighted by Gasteiger charge is 2.40. The lowest BCUT2D eigenvalue weighted by Crippen LogP contribution is -2.18. The number of hydrogen-bond donors (Lipinski definition) is 0. The second kappa shape index (κ2) is 7.88. The molecular weight excluding hydrogens is 344 g/mol. The molecule has 2 nitrogen and oxygen atoms in total. The fourth-order valence-corrected chi connectivity index (χ4v) is 6.52. The fraction of sp³-hybridized carbons (Fsp3) is 0.381. The van der Waals surface area contributed by atoms with E-state index in [0.29, 0.717) is 0 Å². The molecule has 25 heavy (non-hydrogen) atoms. The summed E-state index contributed by atoms with van der Waals surface area (Å²) in [4.78, 5) is 6.78. The number of benzene rings is 2. The number of aliphatic imine (C=N–C) groups is 1. The zero-order valence-corrected chi connectivity index (χ0v) is 17.1. The zero-order valence-electron chi connectivity index (χ0n) is 15.5. The van der Waals surface area contributed by atoms with Crippen LogP contribution in [0, 0.1) is 13.8 Å². The first-order valence-electron chi connectivity index (χ1n) is 8.76. The Morgan fingerprint density at radius 1 is 1.08 bits per heavy atom. The van der Waals surface area contributed by atoms with E-state index >= 15 is 0 Å². The third kappa shape index (κ3) is 3.75. The largest absolute Gasteiger partial charge is 0.366 e. The predicted octanol–water partition coefficient (Wildman–Crippen LogP) is 5.60. The summed E-state index contributed by atoms with van der Waals surface area (Å²) < 4.78 is 0.0125. The summed E-state index contributed by atoms with van der Waals surface area (Å²) in [5, 5.41) is 0. The van der Waals surface area contributed by atoms with Gasteiger partial charge < -0.3 is 4.90 Å². The molecular formula is C21H26N2S2. The van der Waals surface area contributed by atoms with E-state index in [1.807, 2.05) is 6.34 Å². The number of hydrogen-bond acceptors (Lipinski definition) is 3. The molecule has 1 fully saturated rings. The second-order valence-electron chi connectivity index (χ2n) is 6.45. The van der Waals surface area contributed by atoms with E-state index in [1.54, 1.807) is 0 Å². The summed E-state index contributed by atoms with van der Waals surface area (Å²) >= 11 is 4.13. The highest BCUT2D eigenvalue weighted by atomic mass is 32.2. The third-order valence-electron chi connectivity index (χ3n) is 4.64. The maximum Gasteiger partial charge on any atom is 0.112 e. The van der Waals surface area contributed by atoms with E-state index in [0.717, 1.165) is 12.2 Å². The van der Waals surface area contributed by atoms with Crippen molar-refractivity contribution in [1.82, 2.24) is 4.90 Å². The van der Waals surface area contributed by atoms with Gasteiger partial charge in [0.1, 0.15) is 4.08 Å². The minimum absolute atomic E-state index is 0.0125. The Kier molecular flexibility index (Phi) is 5.80. The van der Waals surface area contributed by atoms with Crippen molar-refractivity contribution in [3.05, 3.63) is 64.7 Å². The van der Waals surface area contributed by atoms with Crippen LogP contribution < -0.4 is 0 Å². The van der Waals surface area contributed by atoms with Gasteiger partial charge in [-0.25, -0.2) is 4.99 Å². The summed E-state index contributed by atoms with van der Waals surface area (Å²) in [5.74, 6) is 2.39. The molecule has 0 radical (unpaired) electrons. The molecule has 0 amide bonds. The van der Waals surface area contributed by atoms with Gasteiger partial charge in [0.05, 0.1) is 12.0 Å². The Balaban J connectivity index is 2.04. The molecule has 1 saturated heterocycles. The lowest BCUT2D eigenvalue weighted by molar-refractivity contribution is 0.552. The number of thioether (sulfide) groups is 2. The molecule has 0 atom stereocenters. The number of rotatable bonds is 5. The molecule has 1 heterocycles. The molecule has 0 bridgehead atoms. The standard InChI is InChI=1S/C21H26N2S2/c1-5-23(4)15-22-20-14-16(2)19(13-17(20)3)21(24-11-12-25-21)18-9-7-6-8-10-18/h6-10,13-15H,5,11-12H2,1-4H3. The van der Waals surface area contributed by atoms with Crippen molar-refractivity contribution in [3.8, 4) is 0 Å². The van der Waals surface area contributed by atoms with Crippen LogP contribution in [-0.2, 0) is 4.08 Å². The average Bonchev–Trinajstić information content (AvgIpc) is 3.13. The summed E-state index contributed by atoms with van der Waals surface area (Å²) in [6, 6.07) is 15.5. The Hall–Kier alpha value is -1.39. The molecule has 0 aliphatic carbocycles. The van der Waals surface area contributed by atoms with Crippen molar-refractivity contribution in [3.63, 3.8) is 0 Å². The van der Waals surface area contributed by atoms with Crippen LogP contribution in [0.15, 0.2) is 47.5 Å². The van der Waals surface area contributed by atoms with Crippen LogP contribution >= 0.6 is 23.5 Å². The van der Waals surface area contributed by atoms with Crippen LogP contribution in [0.1, 0.15) is 29.2 Å². The van der Waals surface area contributed by atoms with Gasteiger partial charge in [-0.15, -0.1) is 23.5 Å². The molecule has 0 N–H and O–H groups in total. The molecule has 3 rings (SSSR count). The molecule has 0 spiro atoms. The van der Waals surface area contributed by atoms with Gasteiger partial charge in [-0.1, -0.05) is 36.4 Å². The smallest absolute Gasteiger partial charge is 0.112 e. The molecule has 0 saturated carbocycles. The van der Waals surface area contributed by atoms with Crippen LogP contribution in [0.3, 0.4) is 0 Å². The maximum atomic E-state index is 4.69. The highest BCUT2D eigenvalue weighted by molar-refractivity contribution is 8.20. The van der Waals surface area contributed by atoms with Gasteiger partial charge >= 0.3 is 0 Å². The molecule has 0 unspecified atom stereocenters. The predicted molar refractivity (Wildman–Crippen MR) is 115 cm³/mol. The van der Waals surface area contributed by atoms with E-state index < -0.39 is 0 Å². The summed E-state index contributed by atoms with van der Waals surface area (Å²) in [5.41, 5.74) is 6.45. The van der Waals surface area contributed by atoms with Crippen LogP contribution in [0.2, 0.25) is 0 Å². The Labute approximate surface area is 160 Å². The summed E-state index contributed by atoms with van der Waals surface area (Å²) in [7, 11) is 2.05. The van der Waals surface area contributed by atoms with Crippen LogP contribution in [0.4, 0.5) is 5.69 Å². The topological polar surface area (TPSA) is 15.6 Å². The van der Waals surface area contributed by atoms with Crippen molar-refractivity contribution < 1.29 is 0 Å². The first-order valence-corrected chi connectivity index (χ1v) is 10.7. The quantitative estimate of drug-likeness (QED) is 0.503. The van der Waals surface area contributed by atoms with Crippen molar-refractivity contribution in [2.45, 2.75) is 24.9 Å². The van der Waals surface area contributed by atoms with Gasteiger partial charge in [-0.2, -0.15) is 0 Å². The van der Waals surface area contributed by atoms with E-state index in [4.69, 9.17) is 0 Å².